The summed E-state index contributed by atoms with van der Waals surface area (Å²) in [4.78, 5) is 0. The van der Waals surface area contributed by atoms with Crippen molar-refractivity contribution in [3.8, 4) is 0 Å². The van der Waals surface area contributed by atoms with E-state index in [4.69, 9.17) is 122 Å². The molecule has 30 heterocycles. The molecule has 30 aliphatic rings. The summed E-state index contributed by atoms with van der Waals surface area (Å²) in [5, 5.41) is 218. The summed E-state index contributed by atoms with van der Waals surface area (Å²) in [5.41, 5.74) is 46.8. The molecule has 30 saturated heterocycles. The minimum atomic E-state index is -2.10. The second kappa shape index (κ2) is 46.2. The molecule has 0 aromatic rings. The van der Waals surface area contributed by atoms with E-state index >= 15 is 0 Å². The van der Waals surface area contributed by atoms with Gasteiger partial charge in [0.2, 0.25) is 0 Å². The molecule has 0 aliphatic carbocycles. The molecule has 16 bridgehead atoms. The maximum atomic E-state index is 12.2. The van der Waals surface area contributed by atoms with Crippen LogP contribution >= 0.6 is 0 Å². The van der Waals surface area contributed by atoms with Gasteiger partial charge in [0, 0.05) is 157 Å². The molecule has 0 aromatic carbocycles. The highest BCUT2D eigenvalue weighted by atomic mass is 16.8. The molecule has 0 saturated carbocycles. The fourth-order valence-corrected chi connectivity index (χ4v) is 14.8. The highest BCUT2D eigenvalue weighted by Crippen LogP contribution is 2.40. The summed E-state index contributed by atoms with van der Waals surface area (Å²) in [6.45, 7) is 0.201. The first-order chi connectivity index (χ1) is 53.9. The van der Waals surface area contributed by atoms with Crippen molar-refractivity contribution in [2.24, 2.45) is 45.9 Å². The average molecular weight is 1630 g/mol. The lowest BCUT2D eigenvalue weighted by Crippen LogP contribution is -2.70. The molecule has 30 aliphatic heterocycles. The Balaban J connectivity index is 1.07. The van der Waals surface area contributed by atoms with Gasteiger partial charge in [0.15, 0.2) is 50.3 Å². The first-order valence-corrected chi connectivity index (χ1v) is 38.5. The Kier molecular flexibility index (Phi) is 38.7. The third-order valence-electron chi connectivity index (χ3n) is 20.8. The average Bonchev–Trinajstić information content (AvgIpc) is 0.771. The van der Waals surface area contributed by atoms with Gasteiger partial charge in [-0.15, -0.1) is 0 Å². The monoisotopic (exact) mass is 1630 g/mol. The van der Waals surface area contributed by atoms with E-state index in [9.17, 15) is 81.7 Å². The zero-order valence-corrected chi connectivity index (χ0v) is 62.4. The van der Waals surface area contributed by atoms with E-state index in [2.05, 4.69) is 42.5 Å². The van der Waals surface area contributed by atoms with Crippen LogP contribution in [-0.2, 0) is 75.8 Å². The quantitative estimate of drug-likeness (QED) is 0.0278. The van der Waals surface area contributed by atoms with Gasteiger partial charge >= 0.3 is 0 Å². The highest BCUT2D eigenvalue weighted by molar-refractivity contribution is 5.04. The van der Waals surface area contributed by atoms with Gasteiger partial charge in [-0.05, 0) is 0 Å². The van der Waals surface area contributed by atoms with Gasteiger partial charge in [-0.1, -0.05) is 0 Å². The molecular formula is C64H128N16O32. The van der Waals surface area contributed by atoms with Gasteiger partial charge in [-0.3, -0.25) is 0 Å². The number of nitrogens with one attached hydrogen (secondary N) is 8. The summed E-state index contributed by atoms with van der Waals surface area (Å²) in [7, 11) is 0. The summed E-state index contributed by atoms with van der Waals surface area (Å²) >= 11 is 0. The number of hydrogen-bond acceptors (Lipinski definition) is 48. The predicted molar refractivity (Wildman–Crippen MR) is 380 cm³/mol. The Labute approximate surface area is 646 Å². The van der Waals surface area contributed by atoms with Crippen LogP contribution in [-0.4, -0.2) is 484 Å². The normalized spacial score (nSPS) is 46.1. The van der Waals surface area contributed by atoms with E-state index in [1.807, 2.05) is 0 Å². The van der Waals surface area contributed by atoms with E-state index in [-0.39, 0.29) is 157 Å². The van der Waals surface area contributed by atoms with Crippen LogP contribution in [0.15, 0.2) is 0 Å². The van der Waals surface area contributed by atoms with Crippen molar-refractivity contribution in [3.05, 3.63) is 0 Å². The fourth-order valence-electron chi connectivity index (χ4n) is 14.8. The molecule has 112 heavy (non-hydrogen) atoms. The lowest BCUT2D eigenvalue weighted by molar-refractivity contribution is -0.399. The summed E-state index contributed by atoms with van der Waals surface area (Å²) in [6, 6.07) is 0. The standard InChI is InChI=1S/C64H128N16O32/c65-1-9-73-17-25-49-33(81)41(89)57(97-25)106-50-26(18-74-10-2-66)99-59(43(91)35(50)83)108-52-28(20-76-12-4-68)101-61(45(93)37(52)85)110-54-30(22-78-14-6-70)103-63(47(95)39(54)87)112-56-32(24-80-16-8-72)104-64(48(96)40(56)88)111-55-31(23-79-15-7-71)102-62(46(94)38(55)86)109-53-29(21-77-13-5-69)100-60(44(92)36(53)84)107-51-27(19-75-11-3-67)98-58(105-49)42(90)34(51)82/h25-64,73-96H,1-24,65-72H2/t25-,26-,27-,28-,29-,30+,31+,32+,33-,34-,35-,36-,37-,38-,39-,40-,41-,42+,43-,44+,45+,46-,47+,48-,49-,50-,51-,52-,53-,54-,55-,56-,57-,58-,59-,60-,61-,62-,63-,64-/m1/s1. The summed E-state index contributed by atoms with van der Waals surface area (Å²) in [5.74, 6) is 0. The number of rotatable bonds is 32. The van der Waals surface area contributed by atoms with Crippen LogP contribution in [0.25, 0.3) is 0 Å². The molecule has 0 amide bonds. The van der Waals surface area contributed by atoms with Crippen LogP contribution in [0.1, 0.15) is 0 Å². The Hall–Kier alpha value is -1.92. The Morgan fingerprint density at radius 3 is 0.339 bits per heavy atom. The molecule has 48 heteroatoms. The van der Waals surface area contributed by atoms with Crippen molar-refractivity contribution >= 4 is 0 Å². The minimum Gasteiger partial charge on any atom is -0.387 e. The van der Waals surface area contributed by atoms with Gasteiger partial charge < -0.3 is 246 Å². The molecule has 40 N–H and O–H groups in total. The van der Waals surface area contributed by atoms with Crippen LogP contribution in [0.3, 0.4) is 0 Å². The number of aliphatic hydroxyl groups excluding tert-OH is 16. The zero-order valence-electron chi connectivity index (χ0n) is 62.4. The number of nitrogens with two attached hydrogens (primary N) is 8. The molecule has 40 atom stereocenters. The van der Waals surface area contributed by atoms with E-state index in [1.165, 1.54) is 0 Å². The fraction of sp³-hybridized carbons (Fsp3) is 1.00. The van der Waals surface area contributed by atoms with Crippen LogP contribution in [0, 0.1) is 0 Å². The largest absolute Gasteiger partial charge is 0.387 e. The van der Waals surface area contributed by atoms with Crippen molar-refractivity contribution in [1.29, 1.82) is 0 Å². The predicted octanol–water partition coefficient (Wildman–Crippen LogP) is -21.0. The molecule has 0 aromatic heterocycles. The van der Waals surface area contributed by atoms with E-state index in [0.717, 1.165) is 0 Å². The summed E-state index contributed by atoms with van der Waals surface area (Å²) < 4.78 is 101. The lowest BCUT2D eigenvalue weighted by Gasteiger charge is -2.51. The number of hydrogen-bond donors (Lipinski definition) is 32. The van der Waals surface area contributed by atoms with Crippen LogP contribution in [0.5, 0.6) is 0 Å². The Bertz CT molecular complexity index is 2130. The third kappa shape index (κ3) is 23.4. The second-order valence-corrected chi connectivity index (χ2v) is 28.9. The van der Waals surface area contributed by atoms with Crippen molar-refractivity contribution in [3.63, 3.8) is 0 Å². The van der Waals surface area contributed by atoms with E-state index in [0.29, 0.717) is 0 Å². The molecule has 656 valence electrons. The van der Waals surface area contributed by atoms with Crippen LogP contribution in [0.2, 0.25) is 0 Å². The van der Waals surface area contributed by atoms with Crippen molar-refractivity contribution in [1.82, 2.24) is 42.5 Å². The first-order valence-electron chi connectivity index (χ1n) is 38.5. The molecule has 30 rings (SSSR count). The van der Waals surface area contributed by atoms with E-state index < -0.39 is 246 Å². The number of ether oxygens (including phenoxy) is 16. The van der Waals surface area contributed by atoms with Gasteiger partial charge in [-0.2, -0.15) is 0 Å². The molecule has 30 fully saturated rings. The van der Waals surface area contributed by atoms with Gasteiger partial charge in [0.05, 0.1) is 0 Å². The Morgan fingerprint density at radius 2 is 0.250 bits per heavy atom. The number of aliphatic hydroxyl groups is 16. The molecular weight excluding hydrogens is 1500 g/mol. The minimum absolute atomic E-state index is 0.0941. The Morgan fingerprint density at radius 1 is 0.152 bits per heavy atom. The van der Waals surface area contributed by atoms with Gasteiger partial charge in [0.1, 0.15) is 195 Å². The third-order valence-corrected chi connectivity index (χ3v) is 20.8. The molecule has 48 nitrogen and oxygen atoms in total. The van der Waals surface area contributed by atoms with Crippen LogP contribution < -0.4 is 88.4 Å². The highest BCUT2D eigenvalue weighted by Gasteiger charge is 2.61. The second-order valence-electron chi connectivity index (χ2n) is 28.9. The SMILES string of the molecule is NCCNC[C@@H]1O[C@@H]2O[C@H]3[C@H](O)[C@@H](O)[C@@H](O[C@H]4[C@H](O)[C@@H](O)[C@@H](O[C@H]5[C@H](O)[C@H](O)[C@@H](O[C@H]6[C@H](O)[C@H](O)[C@@H](O[C@H]7[C@H](O)[C@@H](O)[C@@H](O[C@H]8[C@H](O)[C@@H](O)[C@@H](O[C@H]9[C@H](O)[C@H](O)[C@@H](O[C@H]1[C@H](O)[C@@H]2O)O[C@@H]9CNCCN)O[C@@H]8CNCCN)O[C@@H]7CNCCN)O[C@@H]6CNCCN)O[C@@H]5CNCCN)O[C@H]4CNCCN)O[C@H]3CNCCN. The molecule has 0 unspecified atom stereocenters. The first kappa shape index (κ1) is 93.9. The smallest absolute Gasteiger partial charge is 0.187 e. The van der Waals surface area contributed by atoms with Gasteiger partial charge in [0.25, 0.3) is 0 Å². The van der Waals surface area contributed by atoms with Crippen LogP contribution in [0.4, 0.5) is 0 Å². The molecule has 0 spiro atoms. The topological polar surface area (TPSA) is 776 Å². The molecule has 0 radical (unpaired) electrons. The maximum absolute atomic E-state index is 12.2. The van der Waals surface area contributed by atoms with Crippen molar-refractivity contribution in [2.45, 2.75) is 246 Å². The van der Waals surface area contributed by atoms with Crippen molar-refractivity contribution in [2.75, 3.05) is 157 Å². The summed E-state index contributed by atoms with van der Waals surface area (Å²) in [6.07, 6.45) is -72.8. The van der Waals surface area contributed by atoms with E-state index in [1.54, 1.807) is 0 Å². The van der Waals surface area contributed by atoms with Crippen molar-refractivity contribution < 1.29 is 157 Å². The zero-order chi connectivity index (χ0) is 81.0. The van der Waals surface area contributed by atoms with Gasteiger partial charge in [-0.25, -0.2) is 0 Å². The lowest BCUT2D eigenvalue weighted by atomic mass is 9.94. The maximum Gasteiger partial charge on any atom is 0.187 e.